The van der Waals surface area contributed by atoms with Crippen LogP contribution in [0, 0.1) is 13.8 Å². The van der Waals surface area contributed by atoms with Gasteiger partial charge in [-0.25, -0.2) is 0 Å². The Kier molecular flexibility index (Phi) is 9.88. The maximum absolute atomic E-state index is 2.44. The lowest BCUT2D eigenvalue weighted by Gasteiger charge is -2.07. The van der Waals surface area contributed by atoms with Crippen molar-refractivity contribution in [1.29, 1.82) is 0 Å². The van der Waals surface area contributed by atoms with Crippen LogP contribution in [-0.4, -0.2) is 0 Å². The molecule has 6 aromatic rings. The highest BCUT2D eigenvalue weighted by Crippen LogP contribution is 2.47. The average Bonchev–Trinajstić information content (AvgIpc) is 3.75. The van der Waals surface area contributed by atoms with Crippen LogP contribution in [0.25, 0.3) is 44.5 Å². The normalized spacial score (nSPS) is 12.1. The SMILES string of the molecule is C.C.C.C.C.Cc1ccc2c(c1)Cc1c-2ccc2c1Cc1ccccc1-2.Cc1ccc2c(c1)Cc1cc3c(cc1-2)Cc1ccccc1-3. The fraction of sp³-hybridized carbons (Fsp3) is 0.234. The fourth-order valence-electron chi connectivity index (χ4n) is 8.01. The third-order valence-corrected chi connectivity index (χ3v) is 9.97. The number of hydrogen-bond donors (Lipinski definition) is 0. The molecule has 0 saturated carbocycles. The van der Waals surface area contributed by atoms with Crippen molar-refractivity contribution in [1.82, 2.24) is 0 Å². The summed E-state index contributed by atoms with van der Waals surface area (Å²) in [4.78, 5) is 0. The second kappa shape index (κ2) is 13.2. The van der Waals surface area contributed by atoms with E-state index in [1.807, 2.05) is 0 Å². The Balaban J connectivity index is 0.000000192. The molecule has 0 spiro atoms. The van der Waals surface area contributed by atoms with Crippen LogP contribution in [0.15, 0.2) is 109 Å². The van der Waals surface area contributed by atoms with E-state index in [0.717, 1.165) is 25.7 Å². The molecule has 47 heavy (non-hydrogen) atoms. The molecule has 6 aromatic carbocycles. The number of fused-ring (bicyclic) bond motifs is 13. The summed E-state index contributed by atoms with van der Waals surface area (Å²) in [7, 11) is 0. The average molecular weight is 617 g/mol. The molecule has 240 valence electrons. The van der Waals surface area contributed by atoms with Crippen molar-refractivity contribution in [2.75, 3.05) is 0 Å². The van der Waals surface area contributed by atoms with Crippen LogP contribution in [0.5, 0.6) is 0 Å². The monoisotopic (exact) mass is 616 g/mol. The van der Waals surface area contributed by atoms with Crippen molar-refractivity contribution < 1.29 is 0 Å². The third-order valence-electron chi connectivity index (χ3n) is 9.97. The molecule has 0 nitrogen and oxygen atoms in total. The number of hydrogen-bond acceptors (Lipinski definition) is 0. The van der Waals surface area contributed by atoms with Gasteiger partial charge in [-0.3, -0.25) is 0 Å². The molecule has 0 fully saturated rings. The summed E-state index contributed by atoms with van der Waals surface area (Å²) in [6.07, 6.45) is 4.37. The Morgan fingerprint density at radius 2 is 0.638 bits per heavy atom. The van der Waals surface area contributed by atoms with Gasteiger partial charge in [-0.05, 0) is 141 Å². The number of rotatable bonds is 0. The maximum atomic E-state index is 2.44. The van der Waals surface area contributed by atoms with Crippen molar-refractivity contribution in [2.45, 2.75) is 76.7 Å². The van der Waals surface area contributed by atoms with Crippen LogP contribution in [0.1, 0.15) is 92.8 Å². The Morgan fingerprint density at radius 1 is 0.298 bits per heavy atom. The standard InChI is InChI=1S/2C21H16.5CH4/c1-13-6-7-19-15(8-13)10-17-12-20-16(11-21(17)19)9-14-4-2-3-5-18(14)20;1-13-6-7-17-15(10-13)12-21-19(17)9-8-18-16-5-3-2-4-14(16)11-20(18)21;;;;;/h2-8,11-12H,9-10H2,1H3;2-10H,11-12H2,1H3;5*1H4. The van der Waals surface area contributed by atoms with Gasteiger partial charge in [0.05, 0.1) is 0 Å². The lowest BCUT2D eigenvalue weighted by atomic mass is 9.96. The van der Waals surface area contributed by atoms with Crippen molar-refractivity contribution in [2.24, 2.45) is 0 Å². The summed E-state index contributed by atoms with van der Waals surface area (Å²) in [5.41, 5.74) is 26.3. The van der Waals surface area contributed by atoms with Crippen molar-refractivity contribution in [3.8, 4) is 44.5 Å². The first kappa shape index (κ1) is 35.2. The Bertz CT molecular complexity index is 2090. The summed E-state index contributed by atoms with van der Waals surface area (Å²) in [6, 6.07) is 41.0. The molecular formula is C47H52. The van der Waals surface area contributed by atoms with Crippen molar-refractivity contribution in [3.63, 3.8) is 0 Å². The van der Waals surface area contributed by atoms with Crippen molar-refractivity contribution >= 4 is 0 Å². The second-order valence-electron chi connectivity index (χ2n) is 12.6. The van der Waals surface area contributed by atoms with E-state index in [1.54, 1.807) is 11.1 Å². The van der Waals surface area contributed by atoms with Gasteiger partial charge in [0.2, 0.25) is 0 Å². The molecule has 0 unspecified atom stereocenters. The molecule has 10 rings (SSSR count). The van der Waals surface area contributed by atoms with E-state index in [9.17, 15) is 0 Å². The van der Waals surface area contributed by atoms with E-state index in [0.29, 0.717) is 0 Å². The molecule has 0 amide bonds. The van der Waals surface area contributed by atoms with Crippen LogP contribution in [0.2, 0.25) is 0 Å². The summed E-state index contributed by atoms with van der Waals surface area (Å²) in [6.45, 7) is 4.36. The summed E-state index contributed by atoms with van der Waals surface area (Å²) < 4.78 is 0. The van der Waals surface area contributed by atoms with E-state index in [2.05, 4.69) is 123 Å². The van der Waals surface area contributed by atoms with Gasteiger partial charge in [-0.2, -0.15) is 0 Å². The van der Waals surface area contributed by atoms with Crippen LogP contribution in [-0.2, 0) is 25.7 Å². The molecule has 0 radical (unpaired) electrons. The third kappa shape index (κ3) is 5.44. The molecular weight excluding hydrogens is 565 g/mol. The second-order valence-corrected chi connectivity index (χ2v) is 12.6. The molecule has 4 aliphatic carbocycles. The zero-order valence-electron chi connectivity index (χ0n) is 24.2. The number of aryl methyl sites for hydroxylation is 2. The maximum Gasteiger partial charge on any atom is -0.00103 e. The molecule has 0 saturated heterocycles. The topological polar surface area (TPSA) is 0 Å². The lowest BCUT2D eigenvalue weighted by Crippen LogP contribution is -1.90. The highest BCUT2D eigenvalue weighted by atomic mass is 14.3. The first-order valence-corrected chi connectivity index (χ1v) is 15.3. The molecule has 0 aromatic heterocycles. The zero-order valence-corrected chi connectivity index (χ0v) is 24.2. The molecule has 0 atom stereocenters. The van der Waals surface area contributed by atoms with E-state index >= 15 is 0 Å². The van der Waals surface area contributed by atoms with E-state index in [-0.39, 0.29) is 37.1 Å². The summed E-state index contributed by atoms with van der Waals surface area (Å²) in [5, 5.41) is 0. The zero-order chi connectivity index (χ0) is 27.9. The highest BCUT2D eigenvalue weighted by molar-refractivity contribution is 5.87. The molecule has 0 heteroatoms. The fourth-order valence-corrected chi connectivity index (χ4v) is 8.01. The van der Waals surface area contributed by atoms with Crippen LogP contribution >= 0.6 is 0 Å². The highest BCUT2D eigenvalue weighted by Gasteiger charge is 2.28. The Labute approximate surface area is 285 Å². The predicted octanol–water partition coefficient (Wildman–Crippen LogP) is 13.5. The molecule has 0 aliphatic heterocycles. The summed E-state index contributed by atoms with van der Waals surface area (Å²) in [5.74, 6) is 0. The minimum atomic E-state index is 0. The largest absolute Gasteiger partial charge is 0.0776 e. The quantitative estimate of drug-likeness (QED) is 0.159. The lowest BCUT2D eigenvalue weighted by molar-refractivity contribution is 1.16. The molecule has 0 bridgehead atoms. The van der Waals surface area contributed by atoms with Gasteiger partial charge < -0.3 is 0 Å². The smallest absolute Gasteiger partial charge is 0.00103 e. The molecule has 0 N–H and O–H groups in total. The number of benzene rings is 6. The molecule has 0 heterocycles. The van der Waals surface area contributed by atoms with E-state index in [1.165, 1.54) is 89.0 Å². The van der Waals surface area contributed by atoms with E-state index < -0.39 is 0 Å². The van der Waals surface area contributed by atoms with Gasteiger partial charge in [0, 0.05) is 0 Å². The van der Waals surface area contributed by atoms with Gasteiger partial charge in [0.25, 0.3) is 0 Å². The minimum absolute atomic E-state index is 0. The first-order valence-electron chi connectivity index (χ1n) is 15.3. The van der Waals surface area contributed by atoms with Gasteiger partial charge in [0.1, 0.15) is 0 Å². The van der Waals surface area contributed by atoms with Crippen LogP contribution < -0.4 is 0 Å². The summed E-state index contributed by atoms with van der Waals surface area (Å²) >= 11 is 0. The van der Waals surface area contributed by atoms with Crippen molar-refractivity contribution in [3.05, 3.63) is 165 Å². The van der Waals surface area contributed by atoms with E-state index in [4.69, 9.17) is 0 Å². The Hall–Kier alpha value is -4.68. The van der Waals surface area contributed by atoms with Crippen LogP contribution in [0.4, 0.5) is 0 Å². The first-order chi connectivity index (χ1) is 20.6. The predicted molar refractivity (Wildman–Crippen MR) is 209 cm³/mol. The Morgan fingerprint density at radius 3 is 1.19 bits per heavy atom. The minimum Gasteiger partial charge on any atom is -0.0776 e. The van der Waals surface area contributed by atoms with Gasteiger partial charge >= 0.3 is 0 Å². The molecule has 4 aliphatic rings. The van der Waals surface area contributed by atoms with Gasteiger partial charge in [-0.1, -0.05) is 145 Å². The van der Waals surface area contributed by atoms with Crippen LogP contribution in [0.3, 0.4) is 0 Å². The van der Waals surface area contributed by atoms with Gasteiger partial charge in [0.15, 0.2) is 0 Å². The van der Waals surface area contributed by atoms with Gasteiger partial charge in [-0.15, -0.1) is 0 Å².